The SMILES string of the molecule is Cc1c2cc(Br)ccc2nc(-c2ccccc2)[n+]1[O-]. The maximum Gasteiger partial charge on any atom is 0.334 e. The lowest BCUT2D eigenvalue weighted by Gasteiger charge is -2.11. The minimum atomic E-state index is 0.438. The number of halogens is 1. The first-order valence-electron chi connectivity index (χ1n) is 5.91. The molecule has 0 unspecified atom stereocenters. The molecule has 0 saturated heterocycles. The molecule has 0 aliphatic heterocycles. The van der Waals surface area contributed by atoms with E-state index in [1.165, 1.54) is 0 Å². The van der Waals surface area contributed by atoms with Crippen LogP contribution in [0.5, 0.6) is 0 Å². The molecule has 3 rings (SSSR count). The normalized spacial score (nSPS) is 10.8. The van der Waals surface area contributed by atoms with E-state index < -0.39 is 0 Å². The molecule has 1 heterocycles. The molecule has 3 aromatic rings. The number of hydrogen-bond acceptors (Lipinski definition) is 2. The highest BCUT2D eigenvalue weighted by Crippen LogP contribution is 2.22. The number of aryl methyl sites for hydroxylation is 1. The summed E-state index contributed by atoms with van der Waals surface area (Å²) in [7, 11) is 0. The Morgan fingerprint density at radius 3 is 2.58 bits per heavy atom. The van der Waals surface area contributed by atoms with Gasteiger partial charge in [0.1, 0.15) is 5.69 Å². The van der Waals surface area contributed by atoms with E-state index in [9.17, 15) is 5.21 Å². The third kappa shape index (κ3) is 2.08. The van der Waals surface area contributed by atoms with E-state index in [2.05, 4.69) is 20.9 Å². The van der Waals surface area contributed by atoms with Gasteiger partial charge < -0.3 is 5.21 Å². The smallest absolute Gasteiger partial charge is 0.334 e. The number of benzene rings is 2. The van der Waals surface area contributed by atoms with E-state index in [-0.39, 0.29) is 0 Å². The summed E-state index contributed by atoms with van der Waals surface area (Å²) < 4.78 is 1.83. The first-order valence-corrected chi connectivity index (χ1v) is 6.71. The van der Waals surface area contributed by atoms with E-state index in [4.69, 9.17) is 0 Å². The van der Waals surface area contributed by atoms with Gasteiger partial charge in [0, 0.05) is 4.47 Å². The van der Waals surface area contributed by atoms with Gasteiger partial charge in [-0.15, -0.1) is 0 Å². The lowest BCUT2D eigenvalue weighted by atomic mass is 10.1. The van der Waals surface area contributed by atoms with Crippen LogP contribution in [-0.2, 0) is 0 Å². The third-order valence-corrected chi connectivity index (χ3v) is 3.60. The van der Waals surface area contributed by atoms with Crippen LogP contribution in [-0.4, -0.2) is 4.98 Å². The van der Waals surface area contributed by atoms with Gasteiger partial charge in [0.05, 0.1) is 10.9 Å². The molecule has 0 aliphatic carbocycles. The fourth-order valence-electron chi connectivity index (χ4n) is 2.09. The van der Waals surface area contributed by atoms with Gasteiger partial charge in [-0.05, 0) is 42.2 Å². The monoisotopic (exact) mass is 314 g/mol. The molecule has 2 aromatic carbocycles. The molecule has 94 valence electrons. The predicted molar refractivity (Wildman–Crippen MR) is 78.6 cm³/mol. The van der Waals surface area contributed by atoms with Gasteiger partial charge in [-0.25, -0.2) is 4.73 Å². The Kier molecular flexibility index (Phi) is 2.95. The van der Waals surface area contributed by atoms with Crippen molar-refractivity contribution in [2.75, 3.05) is 0 Å². The molecule has 0 bridgehead atoms. The minimum absolute atomic E-state index is 0.438. The molecule has 4 heteroatoms. The van der Waals surface area contributed by atoms with E-state index in [0.29, 0.717) is 11.5 Å². The van der Waals surface area contributed by atoms with Crippen LogP contribution >= 0.6 is 15.9 Å². The van der Waals surface area contributed by atoms with Crippen molar-refractivity contribution in [3.05, 3.63) is 63.9 Å². The van der Waals surface area contributed by atoms with Gasteiger partial charge in [0.2, 0.25) is 0 Å². The Labute approximate surface area is 119 Å². The van der Waals surface area contributed by atoms with Crippen molar-refractivity contribution in [1.82, 2.24) is 4.98 Å². The largest absolute Gasteiger partial charge is 0.710 e. The zero-order chi connectivity index (χ0) is 13.4. The van der Waals surface area contributed by atoms with Crippen LogP contribution in [0.1, 0.15) is 5.69 Å². The van der Waals surface area contributed by atoms with Gasteiger partial charge in [-0.1, -0.05) is 34.1 Å². The number of aromatic nitrogens is 2. The average molecular weight is 315 g/mol. The lowest BCUT2D eigenvalue weighted by molar-refractivity contribution is -0.601. The molecule has 0 fully saturated rings. The van der Waals surface area contributed by atoms with Gasteiger partial charge in [0.25, 0.3) is 0 Å². The average Bonchev–Trinajstić information content (AvgIpc) is 2.44. The van der Waals surface area contributed by atoms with Crippen LogP contribution in [0.15, 0.2) is 53.0 Å². The summed E-state index contributed by atoms with van der Waals surface area (Å²) >= 11 is 3.42. The Morgan fingerprint density at radius 2 is 1.84 bits per heavy atom. The number of fused-ring (bicyclic) bond motifs is 1. The van der Waals surface area contributed by atoms with Crippen LogP contribution < -0.4 is 4.73 Å². The van der Waals surface area contributed by atoms with Gasteiger partial charge in [0.15, 0.2) is 5.52 Å². The van der Waals surface area contributed by atoms with Crippen LogP contribution in [0.4, 0.5) is 0 Å². The molecule has 1 aromatic heterocycles. The fourth-order valence-corrected chi connectivity index (χ4v) is 2.45. The highest BCUT2D eigenvalue weighted by Gasteiger charge is 2.17. The summed E-state index contributed by atoms with van der Waals surface area (Å²) in [5.74, 6) is 0.438. The predicted octanol–water partition coefficient (Wildman–Crippen LogP) is 3.61. The fraction of sp³-hybridized carbons (Fsp3) is 0.0667. The molecule has 0 amide bonds. The zero-order valence-corrected chi connectivity index (χ0v) is 11.9. The molecule has 3 nitrogen and oxygen atoms in total. The second-order valence-corrected chi connectivity index (χ2v) is 5.26. The van der Waals surface area contributed by atoms with Crippen molar-refractivity contribution in [1.29, 1.82) is 0 Å². The third-order valence-electron chi connectivity index (χ3n) is 3.10. The minimum Gasteiger partial charge on any atom is -0.710 e. The van der Waals surface area contributed by atoms with Crippen molar-refractivity contribution < 1.29 is 4.73 Å². The molecule has 0 N–H and O–H groups in total. The van der Waals surface area contributed by atoms with Crippen LogP contribution in [0.3, 0.4) is 0 Å². The molecule has 19 heavy (non-hydrogen) atoms. The first-order chi connectivity index (χ1) is 9.16. The molecule has 0 aliphatic rings. The van der Waals surface area contributed by atoms with Gasteiger partial charge >= 0.3 is 5.82 Å². The van der Waals surface area contributed by atoms with Crippen molar-refractivity contribution in [3.63, 3.8) is 0 Å². The Balaban J connectivity index is 2.34. The van der Waals surface area contributed by atoms with Crippen molar-refractivity contribution in [2.24, 2.45) is 0 Å². The van der Waals surface area contributed by atoms with Crippen molar-refractivity contribution in [2.45, 2.75) is 6.92 Å². The Morgan fingerprint density at radius 1 is 1.11 bits per heavy atom. The molecule has 0 saturated carbocycles. The number of rotatable bonds is 1. The van der Waals surface area contributed by atoms with E-state index >= 15 is 0 Å². The maximum atomic E-state index is 12.3. The molecular formula is C15H11BrN2O. The summed E-state index contributed by atoms with van der Waals surface area (Å²) in [4.78, 5) is 4.48. The topological polar surface area (TPSA) is 39.8 Å². The van der Waals surface area contributed by atoms with E-state index in [1.807, 2.05) is 55.5 Å². The zero-order valence-electron chi connectivity index (χ0n) is 10.3. The first kappa shape index (κ1) is 12.1. The van der Waals surface area contributed by atoms with Crippen molar-refractivity contribution in [3.8, 4) is 11.4 Å². The standard InChI is InChI=1S/C15H11BrN2O/c1-10-13-9-12(16)7-8-14(13)17-15(18(10)19)11-5-3-2-4-6-11/h2-9H,1H3. The quantitative estimate of drug-likeness (QED) is 0.508. The second-order valence-electron chi connectivity index (χ2n) is 4.34. The molecular weight excluding hydrogens is 304 g/mol. The summed E-state index contributed by atoms with van der Waals surface area (Å²) in [6.45, 7) is 1.82. The summed E-state index contributed by atoms with van der Waals surface area (Å²) in [5, 5.41) is 13.2. The van der Waals surface area contributed by atoms with Crippen LogP contribution in [0.25, 0.3) is 22.3 Å². The Hall–Kier alpha value is -1.94. The van der Waals surface area contributed by atoms with E-state index in [1.54, 1.807) is 0 Å². The summed E-state index contributed by atoms with van der Waals surface area (Å²) in [5.41, 5.74) is 2.31. The van der Waals surface area contributed by atoms with Gasteiger partial charge in [-0.3, -0.25) is 0 Å². The summed E-state index contributed by atoms with van der Waals surface area (Å²) in [6, 6.07) is 15.3. The molecule has 0 spiro atoms. The van der Waals surface area contributed by atoms with Crippen LogP contribution in [0, 0.1) is 12.1 Å². The summed E-state index contributed by atoms with van der Waals surface area (Å²) in [6.07, 6.45) is 0. The lowest BCUT2D eigenvalue weighted by Crippen LogP contribution is -2.34. The number of nitrogens with zero attached hydrogens (tertiary/aromatic N) is 2. The van der Waals surface area contributed by atoms with Gasteiger partial charge in [-0.2, -0.15) is 0 Å². The van der Waals surface area contributed by atoms with Crippen molar-refractivity contribution >= 4 is 26.8 Å². The van der Waals surface area contributed by atoms with E-state index in [0.717, 1.165) is 25.7 Å². The highest BCUT2D eigenvalue weighted by molar-refractivity contribution is 9.10. The Bertz CT molecular complexity index is 757. The molecule has 0 atom stereocenters. The highest BCUT2D eigenvalue weighted by atomic mass is 79.9. The number of hydrogen-bond donors (Lipinski definition) is 0. The molecule has 0 radical (unpaired) electrons. The second kappa shape index (κ2) is 4.63. The van der Waals surface area contributed by atoms with Crippen LogP contribution in [0.2, 0.25) is 0 Å². The maximum absolute atomic E-state index is 12.3.